The standard InChI is InChI=1S/C20H21N3O3/c24-18-6-3-14-12-15(4-5-16(14)18)22-20(25)23-17-2-1-11-26-19(17)13-7-9-21-10-8-13/h4-5,7-10,12,17,19H,1-3,6,11H2,(H2,22,23,25)/t17-,19+/m0/s1. The van der Waals surface area contributed by atoms with Gasteiger partial charge in [-0.15, -0.1) is 0 Å². The maximum atomic E-state index is 12.5. The number of amides is 2. The van der Waals surface area contributed by atoms with Crippen molar-refractivity contribution in [3.8, 4) is 0 Å². The normalized spacial score (nSPS) is 21.9. The van der Waals surface area contributed by atoms with E-state index in [1.54, 1.807) is 24.5 Å². The van der Waals surface area contributed by atoms with Gasteiger partial charge in [0.15, 0.2) is 5.78 Å². The van der Waals surface area contributed by atoms with Crippen LogP contribution in [0.4, 0.5) is 10.5 Å². The summed E-state index contributed by atoms with van der Waals surface area (Å²) in [5.41, 5.74) is 3.49. The Morgan fingerprint density at radius 3 is 2.85 bits per heavy atom. The van der Waals surface area contributed by atoms with Gasteiger partial charge < -0.3 is 15.4 Å². The summed E-state index contributed by atoms with van der Waals surface area (Å²) in [6.07, 6.45) is 6.36. The van der Waals surface area contributed by atoms with E-state index < -0.39 is 0 Å². The molecule has 2 N–H and O–H groups in total. The molecule has 2 aromatic rings. The molecule has 0 saturated carbocycles. The van der Waals surface area contributed by atoms with E-state index in [-0.39, 0.29) is 24.0 Å². The molecule has 134 valence electrons. The number of carbonyl (C=O) groups excluding carboxylic acids is 2. The van der Waals surface area contributed by atoms with Crippen LogP contribution in [0.15, 0.2) is 42.7 Å². The molecule has 1 aromatic carbocycles. The lowest BCUT2D eigenvalue weighted by Gasteiger charge is -2.32. The molecule has 26 heavy (non-hydrogen) atoms. The Morgan fingerprint density at radius 1 is 1.15 bits per heavy atom. The molecule has 2 heterocycles. The minimum absolute atomic E-state index is 0.0952. The number of nitrogens with one attached hydrogen (secondary N) is 2. The highest BCUT2D eigenvalue weighted by atomic mass is 16.5. The van der Waals surface area contributed by atoms with Gasteiger partial charge in [0.25, 0.3) is 0 Å². The molecule has 6 nitrogen and oxygen atoms in total. The third-order valence-electron chi connectivity index (χ3n) is 4.96. The number of anilines is 1. The molecule has 2 atom stereocenters. The number of carbonyl (C=O) groups is 2. The molecular formula is C20H21N3O3. The SMILES string of the molecule is O=C(Nc1ccc2c(c1)CCC2=O)N[C@H]1CCCO[C@@H]1c1ccncc1. The molecule has 1 fully saturated rings. The first-order chi connectivity index (χ1) is 12.7. The minimum Gasteiger partial charge on any atom is -0.371 e. The van der Waals surface area contributed by atoms with Crippen LogP contribution < -0.4 is 10.6 Å². The van der Waals surface area contributed by atoms with Gasteiger partial charge in [0.1, 0.15) is 6.10 Å². The molecular weight excluding hydrogens is 330 g/mol. The first kappa shape index (κ1) is 16.7. The summed E-state index contributed by atoms with van der Waals surface area (Å²) in [7, 11) is 0. The second-order valence-electron chi connectivity index (χ2n) is 6.71. The van der Waals surface area contributed by atoms with E-state index in [4.69, 9.17) is 4.74 Å². The number of urea groups is 1. The van der Waals surface area contributed by atoms with Gasteiger partial charge in [0, 0.05) is 36.7 Å². The number of benzene rings is 1. The van der Waals surface area contributed by atoms with Crippen molar-refractivity contribution in [1.82, 2.24) is 10.3 Å². The summed E-state index contributed by atoms with van der Waals surface area (Å²) < 4.78 is 5.89. The fraction of sp³-hybridized carbons (Fsp3) is 0.350. The van der Waals surface area contributed by atoms with Crippen LogP contribution in [0.2, 0.25) is 0 Å². The number of pyridine rings is 1. The van der Waals surface area contributed by atoms with E-state index >= 15 is 0 Å². The van der Waals surface area contributed by atoms with Gasteiger partial charge in [-0.1, -0.05) is 0 Å². The van der Waals surface area contributed by atoms with E-state index in [9.17, 15) is 9.59 Å². The van der Waals surface area contributed by atoms with Crippen molar-refractivity contribution in [2.45, 2.75) is 37.8 Å². The number of hydrogen-bond acceptors (Lipinski definition) is 4. The number of aromatic nitrogens is 1. The number of rotatable bonds is 3. The summed E-state index contributed by atoms with van der Waals surface area (Å²) in [4.78, 5) is 28.2. The molecule has 2 aliphatic rings. The molecule has 1 aliphatic heterocycles. The zero-order chi connectivity index (χ0) is 17.9. The van der Waals surface area contributed by atoms with Gasteiger partial charge in [-0.25, -0.2) is 4.79 Å². The second kappa shape index (κ2) is 7.25. The number of hydrogen-bond donors (Lipinski definition) is 2. The Kier molecular flexibility index (Phi) is 4.67. The van der Waals surface area contributed by atoms with Crippen LogP contribution in [-0.2, 0) is 11.2 Å². The summed E-state index contributed by atoms with van der Waals surface area (Å²) in [6.45, 7) is 0.686. The quantitative estimate of drug-likeness (QED) is 0.889. The monoisotopic (exact) mass is 351 g/mol. The van der Waals surface area contributed by atoms with E-state index in [0.717, 1.165) is 36.0 Å². The fourth-order valence-electron chi connectivity index (χ4n) is 3.68. The smallest absolute Gasteiger partial charge is 0.319 e. The third-order valence-corrected chi connectivity index (χ3v) is 4.96. The van der Waals surface area contributed by atoms with E-state index in [1.807, 2.05) is 18.2 Å². The number of ketones is 1. The van der Waals surface area contributed by atoms with Crippen LogP contribution in [-0.4, -0.2) is 29.4 Å². The molecule has 4 rings (SSSR count). The molecule has 2 amide bonds. The number of Topliss-reactive ketones (excluding diaryl/α,β-unsaturated/α-hetero) is 1. The van der Waals surface area contributed by atoms with Gasteiger partial charge in [-0.3, -0.25) is 9.78 Å². The first-order valence-electron chi connectivity index (χ1n) is 8.96. The van der Waals surface area contributed by atoms with Crippen molar-refractivity contribution < 1.29 is 14.3 Å². The van der Waals surface area contributed by atoms with Crippen LogP contribution in [0.5, 0.6) is 0 Å². The van der Waals surface area contributed by atoms with Crippen LogP contribution in [0.3, 0.4) is 0 Å². The highest BCUT2D eigenvalue weighted by molar-refractivity contribution is 6.01. The van der Waals surface area contributed by atoms with E-state index in [0.29, 0.717) is 18.7 Å². The molecule has 0 radical (unpaired) electrons. The van der Waals surface area contributed by atoms with E-state index in [2.05, 4.69) is 15.6 Å². The van der Waals surface area contributed by atoms with Crippen molar-refractivity contribution in [3.05, 3.63) is 59.4 Å². The Bertz CT molecular complexity index is 822. The van der Waals surface area contributed by atoms with Crippen molar-refractivity contribution in [3.63, 3.8) is 0 Å². The maximum Gasteiger partial charge on any atom is 0.319 e. The molecule has 6 heteroatoms. The summed E-state index contributed by atoms with van der Waals surface area (Å²) in [6, 6.07) is 8.94. The summed E-state index contributed by atoms with van der Waals surface area (Å²) in [5.74, 6) is 0.176. The molecule has 0 bridgehead atoms. The predicted molar refractivity (Wildman–Crippen MR) is 97.2 cm³/mol. The summed E-state index contributed by atoms with van der Waals surface area (Å²) in [5, 5.41) is 5.91. The molecule has 0 unspecified atom stereocenters. The fourth-order valence-corrected chi connectivity index (χ4v) is 3.68. The third kappa shape index (κ3) is 3.46. The lowest BCUT2D eigenvalue weighted by atomic mass is 9.97. The minimum atomic E-state index is -0.260. The Hall–Kier alpha value is -2.73. The zero-order valence-electron chi connectivity index (χ0n) is 14.4. The Morgan fingerprint density at radius 2 is 2.00 bits per heavy atom. The lowest BCUT2D eigenvalue weighted by molar-refractivity contribution is -0.00701. The predicted octanol–water partition coefficient (Wildman–Crippen LogP) is 3.25. The molecule has 1 aromatic heterocycles. The van der Waals surface area contributed by atoms with Crippen molar-refractivity contribution >= 4 is 17.5 Å². The van der Waals surface area contributed by atoms with Crippen LogP contribution in [0.25, 0.3) is 0 Å². The molecule has 0 spiro atoms. The largest absolute Gasteiger partial charge is 0.371 e. The van der Waals surface area contributed by atoms with Gasteiger partial charge in [0.2, 0.25) is 0 Å². The number of fused-ring (bicyclic) bond motifs is 1. The van der Waals surface area contributed by atoms with Crippen LogP contribution in [0, 0.1) is 0 Å². The number of nitrogens with zero attached hydrogens (tertiary/aromatic N) is 1. The highest BCUT2D eigenvalue weighted by Gasteiger charge is 2.29. The van der Waals surface area contributed by atoms with E-state index in [1.165, 1.54) is 0 Å². The number of ether oxygens (including phenoxy) is 1. The second-order valence-corrected chi connectivity index (χ2v) is 6.71. The van der Waals surface area contributed by atoms with Gasteiger partial charge >= 0.3 is 6.03 Å². The number of aryl methyl sites for hydroxylation is 1. The Labute approximate surface area is 152 Å². The first-order valence-corrected chi connectivity index (χ1v) is 8.96. The Balaban J connectivity index is 1.43. The van der Waals surface area contributed by atoms with Crippen LogP contribution in [0.1, 0.15) is 46.9 Å². The molecule has 1 saturated heterocycles. The van der Waals surface area contributed by atoms with Crippen molar-refractivity contribution in [1.29, 1.82) is 0 Å². The van der Waals surface area contributed by atoms with Crippen LogP contribution >= 0.6 is 0 Å². The summed E-state index contributed by atoms with van der Waals surface area (Å²) >= 11 is 0. The average Bonchev–Trinajstić information content (AvgIpc) is 3.03. The van der Waals surface area contributed by atoms with Crippen molar-refractivity contribution in [2.24, 2.45) is 0 Å². The maximum absolute atomic E-state index is 12.5. The topological polar surface area (TPSA) is 80.3 Å². The lowest BCUT2D eigenvalue weighted by Crippen LogP contribution is -2.44. The van der Waals surface area contributed by atoms with Crippen molar-refractivity contribution in [2.75, 3.05) is 11.9 Å². The van der Waals surface area contributed by atoms with Gasteiger partial charge in [-0.05, 0) is 60.7 Å². The average molecular weight is 351 g/mol. The van der Waals surface area contributed by atoms with Gasteiger partial charge in [0.05, 0.1) is 6.04 Å². The molecule has 1 aliphatic carbocycles. The zero-order valence-corrected chi connectivity index (χ0v) is 14.4. The van der Waals surface area contributed by atoms with Gasteiger partial charge in [-0.2, -0.15) is 0 Å². The highest BCUT2D eigenvalue weighted by Crippen LogP contribution is 2.28.